The van der Waals surface area contributed by atoms with Gasteiger partial charge in [0.2, 0.25) is 5.43 Å². The van der Waals surface area contributed by atoms with Crippen molar-refractivity contribution in [1.82, 2.24) is 4.57 Å². The molecular weight excluding hydrogens is 319 g/mol. The van der Waals surface area contributed by atoms with Crippen molar-refractivity contribution in [3.8, 4) is 0 Å². The number of halogens is 1. The van der Waals surface area contributed by atoms with Gasteiger partial charge in [-0.25, -0.2) is 4.39 Å². The van der Waals surface area contributed by atoms with Gasteiger partial charge in [-0.2, -0.15) is 0 Å². The van der Waals surface area contributed by atoms with Gasteiger partial charge in [-0.3, -0.25) is 9.59 Å². The first-order valence-corrected chi connectivity index (χ1v) is 8.27. The molecule has 0 aliphatic carbocycles. The molecule has 1 amide bonds. The number of carbonyl (C=O) groups excluding carboxylic acids is 1. The molecule has 0 saturated heterocycles. The molecule has 0 fully saturated rings. The first-order valence-electron chi connectivity index (χ1n) is 8.27. The van der Waals surface area contributed by atoms with Gasteiger partial charge in [-0.1, -0.05) is 18.2 Å². The summed E-state index contributed by atoms with van der Waals surface area (Å²) >= 11 is 0. The molecule has 0 bridgehead atoms. The van der Waals surface area contributed by atoms with E-state index in [2.05, 4.69) is 5.32 Å². The number of pyridine rings is 1. The number of carbonyl (C=O) groups is 1. The topological polar surface area (TPSA) is 51.1 Å². The lowest BCUT2D eigenvalue weighted by atomic mass is 9.99. The maximum absolute atomic E-state index is 13.4. The molecule has 1 aliphatic rings. The summed E-state index contributed by atoms with van der Waals surface area (Å²) in [7, 11) is 0. The Morgan fingerprint density at radius 2 is 2.08 bits per heavy atom. The van der Waals surface area contributed by atoms with Gasteiger partial charge in [0.25, 0.3) is 5.91 Å². The summed E-state index contributed by atoms with van der Waals surface area (Å²) in [5.74, 6) is -0.948. The molecule has 126 valence electrons. The summed E-state index contributed by atoms with van der Waals surface area (Å²) in [4.78, 5) is 25.5. The summed E-state index contributed by atoms with van der Waals surface area (Å²) in [5.41, 5.74) is 2.94. The minimum absolute atomic E-state index is 0.0789. The molecule has 1 aromatic heterocycles. The van der Waals surface area contributed by atoms with Crippen LogP contribution in [0.3, 0.4) is 0 Å². The zero-order valence-corrected chi connectivity index (χ0v) is 13.8. The van der Waals surface area contributed by atoms with Crippen LogP contribution in [0.5, 0.6) is 0 Å². The second-order valence-corrected chi connectivity index (χ2v) is 6.40. The van der Waals surface area contributed by atoms with Crippen LogP contribution in [0.4, 0.5) is 10.1 Å². The molecule has 5 heteroatoms. The van der Waals surface area contributed by atoms with Crippen molar-refractivity contribution in [1.29, 1.82) is 0 Å². The zero-order valence-electron chi connectivity index (χ0n) is 13.8. The Morgan fingerprint density at radius 3 is 2.92 bits per heavy atom. The summed E-state index contributed by atoms with van der Waals surface area (Å²) in [5, 5.41) is 3.22. The fraction of sp³-hybridized carbons (Fsp3) is 0.200. The average Bonchev–Trinajstić information content (AvgIpc) is 2.61. The molecule has 25 heavy (non-hydrogen) atoms. The number of anilines is 1. The van der Waals surface area contributed by atoms with E-state index in [1.165, 1.54) is 12.1 Å². The summed E-state index contributed by atoms with van der Waals surface area (Å²) in [6.07, 6.45) is 3.53. The van der Waals surface area contributed by atoms with Crippen LogP contribution in [0.15, 0.2) is 47.4 Å². The molecule has 4 rings (SSSR count). The smallest absolute Gasteiger partial charge is 0.261 e. The Balaban J connectivity index is 1.82. The largest absolute Gasteiger partial charge is 0.346 e. The Hall–Kier alpha value is -2.95. The number of benzene rings is 2. The lowest BCUT2D eigenvalue weighted by Crippen LogP contribution is -2.25. The van der Waals surface area contributed by atoms with E-state index in [9.17, 15) is 14.0 Å². The van der Waals surface area contributed by atoms with Crippen molar-refractivity contribution in [3.63, 3.8) is 0 Å². The average molecular weight is 336 g/mol. The lowest BCUT2D eigenvalue weighted by molar-refractivity contribution is 0.102. The van der Waals surface area contributed by atoms with Crippen LogP contribution in [-0.4, -0.2) is 10.5 Å². The van der Waals surface area contributed by atoms with Crippen molar-refractivity contribution in [3.05, 3.63) is 75.3 Å². The molecular formula is C20H17FN2O2. The van der Waals surface area contributed by atoms with Crippen molar-refractivity contribution >= 4 is 22.5 Å². The SMILES string of the molecule is Cc1ccc(F)cc1NC(=O)c1cn2c3c(cccc3c1=O)CCC2. The predicted molar refractivity (Wildman–Crippen MR) is 95.6 cm³/mol. The Kier molecular flexibility index (Phi) is 3.64. The molecule has 1 aliphatic heterocycles. The third kappa shape index (κ3) is 2.61. The van der Waals surface area contributed by atoms with Gasteiger partial charge < -0.3 is 9.88 Å². The first-order chi connectivity index (χ1) is 12.0. The molecule has 1 N–H and O–H groups in total. The third-order valence-corrected chi connectivity index (χ3v) is 4.72. The van der Waals surface area contributed by atoms with Gasteiger partial charge in [-0.15, -0.1) is 0 Å². The molecule has 0 radical (unpaired) electrons. The maximum atomic E-state index is 13.4. The minimum atomic E-state index is -0.514. The fourth-order valence-corrected chi connectivity index (χ4v) is 3.44. The predicted octanol–water partition coefficient (Wildman–Crippen LogP) is 3.65. The molecule has 0 saturated carbocycles. The number of hydrogen-bond acceptors (Lipinski definition) is 2. The maximum Gasteiger partial charge on any atom is 0.261 e. The van der Waals surface area contributed by atoms with Gasteiger partial charge in [0.1, 0.15) is 11.4 Å². The number of aryl methyl sites for hydroxylation is 3. The fourth-order valence-electron chi connectivity index (χ4n) is 3.44. The normalized spacial score (nSPS) is 13.0. The third-order valence-electron chi connectivity index (χ3n) is 4.72. The molecule has 2 aromatic carbocycles. The van der Waals surface area contributed by atoms with E-state index in [4.69, 9.17) is 0 Å². The second kappa shape index (κ2) is 5.84. The molecule has 0 spiro atoms. The van der Waals surface area contributed by atoms with Gasteiger partial charge in [0.15, 0.2) is 0 Å². The van der Waals surface area contributed by atoms with Crippen LogP contribution in [0.25, 0.3) is 10.9 Å². The van der Waals surface area contributed by atoms with Crippen LogP contribution in [-0.2, 0) is 13.0 Å². The van der Waals surface area contributed by atoms with Crippen LogP contribution in [0, 0.1) is 12.7 Å². The first kappa shape index (κ1) is 15.6. The second-order valence-electron chi connectivity index (χ2n) is 6.40. The lowest BCUT2D eigenvalue weighted by Gasteiger charge is -2.20. The number of nitrogens with zero attached hydrogens (tertiary/aromatic N) is 1. The highest BCUT2D eigenvalue weighted by molar-refractivity contribution is 6.06. The van der Waals surface area contributed by atoms with E-state index in [0.717, 1.165) is 36.0 Å². The number of hydrogen-bond donors (Lipinski definition) is 1. The number of rotatable bonds is 2. The van der Waals surface area contributed by atoms with E-state index < -0.39 is 11.7 Å². The van der Waals surface area contributed by atoms with E-state index >= 15 is 0 Å². The monoisotopic (exact) mass is 336 g/mol. The van der Waals surface area contributed by atoms with E-state index in [1.807, 2.05) is 16.7 Å². The van der Waals surface area contributed by atoms with E-state index in [-0.39, 0.29) is 11.0 Å². The highest BCUT2D eigenvalue weighted by atomic mass is 19.1. The van der Waals surface area contributed by atoms with E-state index in [0.29, 0.717) is 11.1 Å². The van der Waals surface area contributed by atoms with Crippen LogP contribution in [0.1, 0.15) is 27.9 Å². The summed E-state index contributed by atoms with van der Waals surface area (Å²) < 4.78 is 15.4. The highest BCUT2D eigenvalue weighted by Gasteiger charge is 2.19. The Morgan fingerprint density at radius 1 is 1.24 bits per heavy atom. The highest BCUT2D eigenvalue weighted by Crippen LogP contribution is 2.24. The van der Waals surface area contributed by atoms with Crippen molar-refractivity contribution in [2.24, 2.45) is 0 Å². The Bertz CT molecular complexity index is 1070. The van der Waals surface area contributed by atoms with E-state index in [1.54, 1.807) is 25.3 Å². The van der Waals surface area contributed by atoms with Crippen LogP contribution < -0.4 is 10.7 Å². The number of amides is 1. The summed E-state index contributed by atoms with van der Waals surface area (Å²) in [6.45, 7) is 2.55. The van der Waals surface area contributed by atoms with Crippen molar-refractivity contribution < 1.29 is 9.18 Å². The molecule has 4 nitrogen and oxygen atoms in total. The summed E-state index contributed by atoms with van der Waals surface area (Å²) in [6, 6.07) is 9.82. The standard InChI is InChI=1S/C20H17FN2O2/c1-12-7-8-14(21)10-17(12)22-20(25)16-11-23-9-3-5-13-4-2-6-15(18(13)23)19(16)24/h2,4,6-8,10-11H,3,5,9H2,1H3,(H,22,25). The minimum Gasteiger partial charge on any atom is -0.346 e. The Labute approximate surface area is 143 Å². The number of nitrogens with one attached hydrogen (secondary N) is 1. The molecule has 3 aromatic rings. The molecule has 0 atom stereocenters. The van der Waals surface area contributed by atoms with Gasteiger partial charge in [-0.05, 0) is 49.1 Å². The van der Waals surface area contributed by atoms with Gasteiger partial charge >= 0.3 is 0 Å². The molecule has 0 unspecified atom stereocenters. The van der Waals surface area contributed by atoms with Gasteiger partial charge in [0.05, 0.1) is 5.52 Å². The zero-order chi connectivity index (χ0) is 17.6. The molecule has 2 heterocycles. The van der Waals surface area contributed by atoms with Gasteiger partial charge in [0, 0.05) is 23.8 Å². The van der Waals surface area contributed by atoms with Crippen LogP contribution >= 0.6 is 0 Å². The van der Waals surface area contributed by atoms with Crippen LogP contribution in [0.2, 0.25) is 0 Å². The number of para-hydroxylation sites is 1. The number of aromatic nitrogens is 1. The van der Waals surface area contributed by atoms with Crippen molar-refractivity contribution in [2.45, 2.75) is 26.3 Å². The quantitative estimate of drug-likeness (QED) is 0.777. The van der Waals surface area contributed by atoms with Crippen molar-refractivity contribution in [2.75, 3.05) is 5.32 Å².